The molecule has 0 aliphatic rings. The standard InChI is InChI=1S/C17H14F4N2O3/c18-12-4-6-13(7-5-12)22-15(24)9-26-10-16(25)23-14-3-1-2-11(8-14)17(19,20)21/h1-8H,9-10H2,(H,22,24)(H,23,25). The maximum absolute atomic E-state index is 12.7. The molecule has 0 aliphatic carbocycles. The second kappa shape index (κ2) is 8.43. The molecule has 0 aromatic heterocycles. The van der Waals surface area contributed by atoms with Gasteiger partial charge in [0.1, 0.15) is 19.0 Å². The van der Waals surface area contributed by atoms with Gasteiger partial charge in [0, 0.05) is 11.4 Å². The summed E-state index contributed by atoms with van der Waals surface area (Å²) in [6.07, 6.45) is -4.52. The first-order valence-electron chi connectivity index (χ1n) is 7.34. The molecule has 0 saturated heterocycles. The third kappa shape index (κ3) is 6.17. The number of anilines is 2. The maximum atomic E-state index is 12.7. The van der Waals surface area contributed by atoms with Gasteiger partial charge in [0.2, 0.25) is 11.8 Å². The fraction of sp³-hybridized carbons (Fsp3) is 0.176. The molecule has 0 saturated carbocycles. The van der Waals surface area contributed by atoms with Crippen LogP contribution in [0.1, 0.15) is 5.56 Å². The highest BCUT2D eigenvalue weighted by molar-refractivity contribution is 5.93. The summed E-state index contributed by atoms with van der Waals surface area (Å²) in [5.41, 5.74) is -0.576. The summed E-state index contributed by atoms with van der Waals surface area (Å²) in [6.45, 7) is -0.972. The fourth-order valence-corrected chi connectivity index (χ4v) is 1.94. The van der Waals surface area contributed by atoms with Crippen LogP contribution >= 0.6 is 0 Å². The summed E-state index contributed by atoms with van der Waals surface area (Å²) >= 11 is 0. The van der Waals surface area contributed by atoms with Crippen molar-refractivity contribution in [2.24, 2.45) is 0 Å². The van der Waals surface area contributed by atoms with Crippen molar-refractivity contribution in [2.75, 3.05) is 23.8 Å². The number of amides is 2. The Hall–Kier alpha value is -2.94. The van der Waals surface area contributed by atoms with E-state index in [0.29, 0.717) is 5.69 Å². The summed E-state index contributed by atoms with van der Waals surface area (Å²) in [4.78, 5) is 23.3. The highest BCUT2D eigenvalue weighted by Crippen LogP contribution is 2.30. The zero-order valence-electron chi connectivity index (χ0n) is 13.3. The van der Waals surface area contributed by atoms with E-state index in [9.17, 15) is 27.2 Å². The number of rotatable bonds is 6. The summed E-state index contributed by atoms with van der Waals surface area (Å²) < 4.78 is 55.4. The Morgan fingerprint density at radius 2 is 1.46 bits per heavy atom. The van der Waals surface area contributed by atoms with Crippen molar-refractivity contribution in [1.82, 2.24) is 0 Å². The average Bonchev–Trinajstić information content (AvgIpc) is 2.56. The van der Waals surface area contributed by atoms with Crippen LogP contribution in [0.5, 0.6) is 0 Å². The van der Waals surface area contributed by atoms with Crippen molar-refractivity contribution in [3.05, 3.63) is 59.9 Å². The smallest absolute Gasteiger partial charge is 0.362 e. The normalized spacial score (nSPS) is 11.1. The Bertz CT molecular complexity index is 776. The SMILES string of the molecule is O=C(COCC(=O)Nc1cccc(C(F)(F)F)c1)Nc1ccc(F)cc1. The number of hydrogen-bond acceptors (Lipinski definition) is 3. The number of ether oxygens (including phenoxy) is 1. The minimum Gasteiger partial charge on any atom is -0.362 e. The Kier molecular flexibility index (Phi) is 6.29. The Balaban J connectivity index is 1.76. The molecule has 2 aromatic rings. The van der Waals surface area contributed by atoms with Gasteiger partial charge in [0.15, 0.2) is 0 Å². The predicted molar refractivity (Wildman–Crippen MR) is 85.9 cm³/mol. The number of alkyl halides is 3. The van der Waals surface area contributed by atoms with Crippen LogP contribution in [0.2, 0.25) is 0 Å². The van der Waals surface area contributed by atoms with Crippen LogP contribution in [0.3, 0.4) is 0 Å². The number of carbonyl (C=O) groups is 2. The maximum Gasteiger partial charge on any atom is 0.416 e. The first-order chi connectivity index (χ1) is 12.2. The van der Waals surface area contributed by atoms with Crippen molar-refractivity contribution in [1.29, 1.82) is 0 Å². The lowest BCUT2D eigenvalue weighted by Gasteiger charge is -2.10. The van der Waals surface area contributed by atoms with E-state index in [0.717, 1.165) is 18.2 Å². The molecule has 2 aromatic carbocycles. The van der Waals surface area contributed by atoms with Crippen LogP contribution < -0.4 is 10.6 Å². The van der Waals surface area contributed by atoms with Gasteiger partial charge in [0.25, 0.3) is 0 Å². The van der Waals surface area contributed by atoms with E-state index in [4.69, 9.17) is 4.74 Å². The highest BCUT2D eigenvalue weighted by Gasteiger charge is 2.30. The zero-order chi connectivity index (χ0) is 19.2. The van der Waals surface area contributed by atoms with Gasteiger partial charge in [-0.3, -0.25) is 9.59 Å². The molecule has 0 heterocycles. The minimum absolute atomic E-state index is 0.0378. The number of nitrogens with one attached hydrogen (secondary N) is 2. The van der Waals surface area contributed by atoms with Crippen LogP contribution in [0, 0.1) is 5.82 Å². The molecule has 2 amide bonds. The second-order valence-electron chi connectivity index (χ2n) is 5.17. The number of benzene rings is 2. The molecular weight excluding hydrogens is 356 g/mol. The molecular formula is C17H14F4N2O3. The second-order valence-corrected chi connectivity index (χ2v) is 5.17. The van der Waals surface area contributed by atoms with Gasteiger partial charge < -0.3 is 15.4 Å². The van der Waals surface area contributed by atoms with Crippen LogP contribution in [0.25, 0.3) is 0 Å². The summed E-state index contributed by atoms with van der Waals surface area (Å²) in [5, 5.41) is 4.68. The molecule has 0 radical (unpaired) electrons. The van der Waals surface area contributed by atoms with Crippen molar-refractivity contribution in [3.8, 4) is 0 Å². The zero-order valence-corrected chi connectivity index (χ0v) is 13.3. The molecule has 2 N–H and O–H groups in total. The number of carbonyl (C=O) groups excluding carboxylic acids is 2. The molecule has 0 fully saturated rings. The van der Waals surface area contributed by atoms with Crippen LogP contribution in [0.4, 0.5) is 28.9 Å². The molecule has 26 heavy (non-hydrogen) atoms. The topological polar surface area (TPSA) is 67.4 Å². The van der Waals surface area contributed by atoms with Gasteiger partial charge >= 0.3 is 6.18 Å². The van der Waals surface area contributed by atoms with Gasteiger partial charge in [-0.05, 0) is 42.5 Å². The van der Waals surface area contributed by atoms with E-state index < -0.39 is 42.6 Å². The molecule has 0 aliphatic heterocycles. The highest BCUT2D eigenvalue weighted by atomic mass is 19.4. The number of halogens is 4. The van der Waals surface area contributed by atoms with Gasteiger partial charge in [0.05, 0.1) is 5.56 Å². The summed E-state index contributed by atoms with van der Waals surface area (Å²) in [6, 6.07) is 9.17. The molecule has 0 atom stereocenters. The molecule has 2 rings (SSSR count). The molecule has 5 nitrogen and oxygen atoms in total. The Morgan fingerprint density at radius 1 is 0.885 bits per heavy atom. The van der Waals surface area contributed by atoms with Crippen molar-refractivity contribution >= 4 is 23.2 Å². The van der Waals surface area contributed by atoms with Crippen LogP contribution in [0.15, 0.2) is 48.5 Å². The van der Waals surface area contributed by atoms with E-state index in [1.165, 1.54) is 30.3 Å². The largest absolute Gasteiger partial charge is 0.416 e. The molecule has 0 spiro atoms. The first-order valence-corrected chi connectivity index (χ1v) is 7.34. The quantitative estimate of drug-likeness (QED) is 0.766. The predicted octanol–water partition coefficient (Wildman–Crippen LogP) is 3.44. The molecule has 138 valence electrons. The monoisotopic (exact) mass is 370 g/mol. The molecule has 0 bridgehead atoms. The lowest BCUT2D eigenvalue weighted by molar-refractivity contribution is -0.137. The summed E-state index contributed by atoms with van der Waals surface area (Å²) in [5.74, 6) is -1.73. The molecule has 0 unspecified atom stereocenters. The van der Waals surface area contributed by atoms with E-state index in [2.05, 4.69) is 10.6 Å². The lowest BCUT2D eigenvalue weighted by Crippen LogP contribution is -2.24. The van der Waals surface area contributed by atoms with E-state index in [-0.39, 0.29) is 5.69 Å². The van der Waals surface area contributed by atoms with Crippen molar-refractivity contribution < 1.29 is 31.9 Å². The van der Waals surface area contributed by atoms with E-state index >= 15 is 0 Å². The van der Waals surface area contributed by atoms with Crippen LogP contribution in [-0.2, 0) is 20.5 Å². The molecule has 9 heteroatoms. The number of hydrogen-bond donors (Lipinski definition) is 2. The van der Waals surface area contributed by atoms with E-state index in [1.54, 1.807) is 0 Å². The van der Waals surface area contributed by atoms with Gasteiger partial charge in [-0.1, -0.05) is 6.07 Å². The van der Waals surface area contributed by atoms with Gasteiger partial charge in [-0.2, -0.15) is 13.2 Å². The first kappa shape index (κ1) is 19.4. The van der Waals surface area contributed by atoms with E-state index in [1.807, 2.05) is 0 Å². The Labute approximate surface area is 146 Å². The summed E-state index contributed by atoms with van der Waals surface area (Å²) in [7, 11) is 0. The third-order valence-corrected chi connectivity index (χ3v) is 3.07. The van der Waals surface area contributed by atoms with Crippen molar-refractivity contribution in [3.63, 3.8) is 0 Å². The fourth-order valence-electron chi connectivity index (χ4n) is 1.94. The van der Waals surface area contributed by atoms with Gasteiger partial charge in [-0.15, -0.1) is 0 Å². The average molecular weight is 370 g/mol. The Morgan fingerprint density at radius 3 is 2.04 bits per heavy atom. The van der Waals surface area contributed by atoms with Crippen molar-refractivity contribution in [2.45, 2.75) is 6.18 Å². The lowest BCUT2D eigenvalue weighted by atomic mass is 10.2. The minimum atomic E-state index is -4.52. The third-order valence-electron chi connectivity index (χ3n) is 3.07. The van der Waals surface area contributed by atoms with Gasteiger partial charge in [-0.25, -0.2) is 4.39 Å². The van der Waals surface area contributed by atoms with Crippen LogP contribution in [-0.4, -0.2) is 25.0 Å².